The maximum Gasteiger partial charge on any atom is 0.319 e. The number of fused-ring (bicyclic) bond motifs is 1. The maximum atomic E-state index is 12.0. The lowest BCUT2D eigenvalue weighted by atomic mass is 9.98. The van der Waals surface area contributed by atoms with Crippen LogP contribution in [0.1, 0.15) is 25.7 Å². The first-order valence-electron chi connectivity index (χ1n) is 7.38. The number of amides is 2. The zero-order chi connectivity index (χ0) is 13.9. The first kappa shape index (κ1) is 13.2. The summed E-state index contributed by atoms with van der Waals surface area (Å²) in [6, 6.07) is 8.04. The van der Waals surface area contributed by atoms with Crippen molar-refractivity contribution in [3.63, 3.8) is 0 Å². The molecule has 2 fully saturated rings. The number of nitrogen functional groups attached to an aromatic ring is 1. The molecule has 2 unspecified atom stereocenters. The second kappa shape index (κ2) is 5.71. The van der Waals surface area contributed by atoms with Crippen LogP contribution >= 0.6 is 0 Å². The van der Waals surface area contributed by atoms with Crippen molar-refractivity contribution in [1.29, 1.82) is 0 Å². The van der Waals surface area contributed by atoms with Gasteiger partial charge in [-0.1, -0.05) is 0 Å². The number of carbonyl (C=O) groups is 1. The summed E-state index contributed by atoms with van der Waals surface area (Å²) >= 11 is 0. The normalized spacial score (nSPS) is 26.0. The molecule has 0 saturated carbocycles. The summed E-state index contributed by atoms with van der Waals surface area (Å²) in [5, 5.41) is 5.94. The number of hydrogen-bond donors (Lipinski definition) is 3. The van der Waals surface area contributed by atoms with Crippen LogP contribution in [0, 0.1) is 0 Å². The Labute approximate surface area is 119 Å². The predicted octanol–water partition coefficient (Wildman–Crippen LogP) is 2.02. The lowest BCUT2D eigenvalue weighted by Gasteiger charge is -2.35. The predicted molar refractivity (Wildman–Crippen MR) is 80.6 cm³/mol. The van der Waals surface area contributed by atoms with Gasteiger partial charge in [0.25, 0.3) is 0 Å². The largest absolute Gasteiger partial charge is 0.399 e. The number of benzene rings is 1. The number of carbonyl (C=O) groups excluding carboxylic acids is 1. The van der Waals surface area contributed by atoms with Crippen LogP contribution in [0.2, 0.25) is 0 Å². The fourth-order valence-electron chi connectivity index (χ4n) is 3.27. The summed E-state index contributed by atoms with van der Waals surface area (Å²) in [7, 11) is 0. The molecule has 1 aromatic carbocycles. The molecular weight excluding hydrogens is 252 g/mol. The van der Waals surface area contributed by atoms with E-state index in [1.807, 2.05) is 12.1 Å². The highest BCUT2D eigenvalue weighted by molar-refractivity contribution is 5.89. The molecule has 5 nitrogen and oxygen atoms in total. The Morgan fingerprint density at radius 2 is 2.00 bits per heavy atom. The highest BCUT2D eigenvalue weighted by atomic mass is 16.2. The van der Waals surface area contributed by atoms with Crippen LogP contribution in [0.5, 0.6) is 0 Å². The van der Waals surface area contributed by atoms with Crippen molar-refractivity contribution >= 4 is 17.4 Å². The topological polar surface area (TPSA) is 70.4 Å². The molecule has 0 aromatic heterocycles. The van der Waals surface area contributed by atoms with E-state index in [0.29, 0.717) is 17.8 Å². The molecule has 2 saturated heterocycles. The second-order valence-corrected chi connectivity index (χ2v) is 5.77. The third-order valence-corrected chi connectivity index (χ3v) is 4.32. The number of nitrogens with zero attached hydrogens (tertiary/aromatic N) is 1. The van der Waals surface area contributed by atoms with Gasteiger partial charge in [-0.2, -0.15) is 0 Å². The summed E-state index contributed by atoms with van der Waals surface area (Å²) in [6.45, 7) is 2.34. The molecule has 3 rings (SSSR count). The van der Waals surface area contributed by atoms with Crippen LogP contribution in [0.4, 0.5) is 16.2 Å². The van der Waals surface area contributed by atoms with Crippen molar-refractivity contribution in [3.05, 3.63) is 24.3 Å². The van der Waals surface area contributed by atoms with Gasteiger partial charge < -0.3 is 21.3 Å². The van der Waals surface area contributed by atoms with Gasteiger partial charge in [-0.15, -0.1) is 0 Å². The number of nitrogens with two attached hydrogens (primary N) is 1. The van der Waals surface area contributed by atoms with E-state index >= 15 is 0 Å². The Bertz CT molecular complexity index is 473. The van der Waals surface area contributed by atoms with Crippen LogP contribution < -0.4 is 16.4 Å². The van der Waals surface area contributed by atoms with E-state index in [1.165, 1.54) is 19.4 Å². The molecule has 2 atom stereocenters. The average molecular weight is 274 g/mol. The zero-order valence-corrected chi connectivity index (χ0v) is 11.6. The van der Waals surface area contributed by atoms with Crippen molar-refractivity contribution in [2.45, 2.75) is 37.8 Å². The molecule has 0 aliphatic carbocycles. The summed E-state index contributed by atoms with van der Waals surface area (Å²) in [5.74, 6) is 0. The van der Waals surface area contributed by atoms with Crippen LogP contribution in [0.25, 0.3) is 0 Å². The fraction of sp³-hybridized carbons (Fsp3) is 0.533. The number of anilines is 2. The second-order valence-electron chi connectivity index (χ2n) is 5.77. The van der Waals surface area contributed by atoms with Crippen molar-refractivity contribution in [3.8, 4) is 0 Å². The van der Waals surface area contributed by atoms with Crippen molar-refractivity contribution < 1.29 is 4.79 Å². The molecule has 2 amide bonds. The van der Waals surface area contributed by atoms with E-state index in [4.69, 9.17) is 5.73 Å². The van der Waals surface area contributed by atoms with Gasteiger partial charge in [0.2, 0.25) is 0 Å². The van der Waals surface area contributed by atoms with E-state index < -0.39 is 0 Å². The zero-order valence-electron chi connectivity index (χ0n) is 11.6. The molecule has 108 valence electrons. The number of nitrogens with one attached hydrogen (secondary N) is 2. The summed E-state index contributed by atoms with van der Waals surface area (Å²) in [6.07, 6.45) is 4.70. The van der Waals surface area contributed by atoms with Gasteiger partial charge in [0.15, 0.2) is 0 Å². The van der Waals surface area contributed by atoms with Gasteiger partial charge >= 0.3 is 6.03 Å². The first-order chi connectivity index (χ1) is 9.70. The summed E-state index contributed by atoms with van der Waals surface area (Å²) in [5.41, 5.74) is 7.10. The molecule has 20 heavy (non-hydrogen) atoms. The summed E-state index contributed by atoms with van der Waals surface area (Å²) < 4.78 is 0. The number of piperidine rings is 1. The van der Waals surface area contributed by atoms with E-state index in [-0.39, 0.29) is 6.03 Å². The van der Waals surface area contributed by atoms with E-state index in [2.05, 4.69) is 15.5 Å². The summed E-state index contributed by atoms with van der Waals surface area (Å²) in [4.78, 5) is 14.5. The van der Waals surface area contributed by atoms with E-state index in [1.54, 1.807) is 12.1 Å². The molecule has 1 aromatic rings. The van der Waals surface area contributed by atoms with Crippen molar-refractivity contribution in [2.75, 3.05) is 24.1 Å². The number of rotatable bonds is 2. The minimum absolute atomic E-state index is 0.119. The van der Waals surface area contributed by atoms with Gasteiger partial charge in [0, 0.05) is 30.0 Å². The molecule has 4 N–H and O–H groups in total. The third-order valence-electron chi connectivity index (χ3n) is 4.32. The van der Waals surface area contributed by atoms with Gasteiger partial charge in [0.1, 0.15) is 0 Å². The van der Waals surface area contributed by atoms with Crippen LogP contribution in [0.3, 0.4) is 0 Å². The monoisotopic (exact) mass is 274 g/mol. The number of urea groups is 1. The Hall–Kier alpha value is -1.75. The standard InChI is InChI=1S/C15H22N4O/c16-11-3-5-12(6-4-11)17-15(20)18-13-7-9-19-8-1-2-14(19)10-13/h3-6,13-14H,1-2,7-10,16H2,(H2,17,18,20). The quantitative estimate of drug-likeness (QED) is 0.723. The molecule has 0 spiro atoms. The SMILES string of the molecule is Nc1ccc(NC(=O)NC2CCN3CCCC3C2)cc1. The highest BCUT2D eigenvalue weighted by Crippen LogP contribution is 2.26. The Kier molecular flexibility index (Phi) is 3.78. The van der Waals surface area contributed by atoms with Gasteiger partial charge in [0.05, 0.1) is 0 Å². The first-order valence-corrected chi connectivity index (χ1v) is 7.38. The lowest BCUT2D eigenvalue weighted by Crippen LogP contribution is -2.48. The Morgan fingerprint density at radius 1 is 1.20 bits per heavy atom. The lowest BCUT2D eigenvalue weighted by molar-refractivity contribution is 0.168. The van der Waals surface area contributed by atoms with Crippen molar-refractivity contribution in [1.82, 2.24) is 10.2 Å². The van der Waals surface area contributed by atoms with Crippen LogP contribution in [0.15, 0.2) is 24.3 Å². The molecule has 2 aliphatic heterocycles. The molecule has 2 aliphatic rings. The molecule has 0 radical (unpaired) electrons. The number of hydrogen-bond acceptors (Lipinski definition) is 3. The molecule has 5 heteroatoms. The smallest absolute Gasteiger partial charge is 0.319 e. The molecule has 2 heterocycles. The van der Waals surface area contributed by atoms with Crippen molar-refractivity contribution in [2.24, 2.45) is 0 Å². The van der Waals surface area contributed by atoms with E-state index in [0.717, 1.165) is 25.1 Å². The van der Waals surface area contributed by atoms with Crippen LogP contribution in [-0.4, -0.2) is 36.1 Å². The highest BCUT2D eigenvalue weighted by Gasteiger charge is 2.32. The molecular formula is C15H22N4O. The Balaban J connectivity index is 1.50. The average Bonchev–Trinajstić information content (AvgIpc) is 2.89. The third kappa shape index (κ3) is 3.04. The van der Waals surface area contributed by atoms with Gasteiger partial charge in [-0.25, -0.2) is 4.79 Å². The Morgan fingerprint density at radius 3 is 2.80 bits per heavy atom. The van der Waals surface area contributed by atoms with Gasteiger partial charge in [-0.3, -0.25) is 0 Å². The molecule has 0 bridgehead atoms. The maximum absolute atomic E-state index is 12.0. The van der Waals surface area contributed by atoms with E-state index in [9.17, 15) is 4.79 Å². The minimum Gasteiger partial charge on any atom is -0.399 e. The fourth-order valence-corrected chi connectivity index (χ4v) is 3.27. The van der Waals surface area contributed by atoms with Gasteiger partial charge in [-0.05, 0) is 56.5 Å². The minimum atomic E-state index is -0.119. The van der Waals surface area contributed by atoms with Crippen LogP contribution in [-0.2, 0) is 0 Å².